The zero-order valence-corrected chi connectivity index (χ0v) is 17.5. The van der Waals surface area contributed by atoms with Crippen LogP contribution in [0.3, 0.4) is 0 Å². The van der Waals surface area contributed by atoms with Crippen LogP contribution in [0.5, 0.6) is 5.75 Å². The van der Waals surface area contributed by atoms with Crippen LogP contribution in [0.25, 0.3) is 16.9 Å². The number of hydrogen-bond acceptors (Lipinski definition) is 6. The minimum absolute atomic E-state index is 0.00819. The molecule has 1 aliphatic rings. The fourth-order valence-corrected chi connectivity index (χ4v) is 3.53. The molecule has 0 atom stereocenters. The topological polar surface area (TPSA) is 69.5 Å². The molecule has 3 aromatic rings. The van der Waals surface area contributed by atoms with Crippen molar-refractivity contribution in [2.24, 2.45) is 5.92 Å². The van der Waals surface area contributed by atoms with Crippen LogP contribution in [-0.2, 0) is 16.1 Å². The van der Waals surface area contributed by atoms with Gasteiger partial charge in [0.2, 0.25) is 0 Å². The van der Waals surface area contributed by atoms with E-state index in [4.69, 9.17) is 9.47 Å². The van der Waals surface area contributed by atoms with Crippen molar-refractivity contribution in [1.82, 2.24) is 19.9 Å². The monoisotopic (exact) mass is 406 g/mol. The number of likely N-dealkylation sites (tertiary alicyclic amines) is 1. The number of nitrogens with zero attached hydrogens (tertiary/aromatic N) is 4. The molecule has 7 nitrogen and oxygen atoms in total. The summed E-state index contributed by atoms with van der Waals surface area (Å²) in [5, 5.41) is 8.56. The Morgan fingerprint density at radius 2 is 1.80 bits per heavy atom. The van der Waals surface area contributed by atoms with Crippen LogP contribution in [0.15, 0.2) is 54.7 Å². The lowest BCUT2D eigenvalue weighted by Gasteiger charge is -2.37. The molecule has 0 amide bonds. The number of aromatic nitrogens is 3. The van der Waals surface area contributed by atoms with E-state index in [9.17, 15) is 4.79 Å². The molecule has 30 heavy (non-hydrogen) atoms. The van der Waals surface area contributed by atoms with Gasteiger partial charge in [-0.1, -0.05) is 17.3 Å². The lowest BCUT2D eigenvalue weighted by molar-refractivity contribution is -0.151. The first kappa shape index (κ1) is 20.1. The minimum atomic E-state index is -0.120. The second-order valence-electron chi connectivity index (χ2n) is 7.82. The number of ether oxygens (including phenoxy) is 2. The van der Waals surface area contributed by atoms with Gasteiger partial charge in [-0.25, -0.2) is 4.68 Å². The summed E-state index contributed by atoms with van der Waals surface area (Å²) in [5.41, 5.74) is 3.95. The molecule has 0 bridgehead atoms. The third-order valence-electron chi connectivity index (χ3n) is 5.11. The second-order valence-corrected chi connectivity index (χ2v) is 7.82. The predicted octanol–water partition coefficient (Wildman–Crippen LogP) is 3.33. The fourth-order valence-electron chi connectivity index (χ4n) is 3.53. The van der Waals surface area contributed by atoms with E-state index in [0.717, 1.165) is 42.3 Å². The summed E-state index contributed by atoms with van der Waals surface area (Å²) in [6, 6.07) is 16.1. The zero-order chi connectivity index (χ0) is 21.1. The van der Waals surface area contributed by atoms with Crippen LogP contribution >= 0.6 is 0 Å². The molecule has 1 aliphatic heterocycles. The number of hydrogen-bond donors (Lipinski definition) is 0. The first-order chi connectivity index (χ1) is 14.5. The van der Waals surface area contributed by atoms with Gasteiger partial charge in [-0.15, -0.1) is 5.10 Å². The first-order valence-electron chi connectivity index (χ1n) is 10.1. The molecule has 1 saturated heterocycles. The third-order valence-corrected chi connectivity index (χ3v) is 5.11. The van der Waals surface area contributed by atoms with Gasteiger partial charge in [0.1, 0.15) is 11.4 Å². The van der Waals surface area contributed by atoms with E-state index in [1.807, 2.05) is 56.4 Å². The van der Waals surface area contributed by atoms with Gasteiger partial charge >= 0.3 is 5.97 Å². The van der Waals surface area contributed by atoms with Gasteiger partial charge in [0.25, 0.3) is 0 Å². The van der Waals surface area contributed by atoms with Gasteiger partial charge in [-0.2, -0.15) is 0 Å². The van der Waals surface area contributed by atoms with Crippen LogP contribution in [0.2, 0.25) is 0 Å². The Hall–Kier alpha value is -3.19. The molecule has 2 heterocycles. The molecule has 1 fully saturated rings. The molecule has 4 rings (SSSR count). The summed E-state index contributed by atoms with van der Waals surface area (Å²) in [5.74, 6) is 0.733. The molecular weight excluding hydrogens is 380 g/mol. The minimum Gasteiger partial charge on any atom is -0.491 e. The quantitative estimate of drug-likeness (QED) is 0.561. The summed E-state index contributed by atoms with van der Waals surface area (Å²) >= 11 is 0. The highest BCUT2D eigenvalue weighted by Gasteiger charge is 2.33. The van der Waals surface area contributed by atoms with Gasteiger partial charge in [0.05, 0.1) is 31.0 Å². The Morgan fingerprint density at radius 1 is 1.10 bits per heavy atom. The molecular formula is C23H26N4O3. The van der Waals surface area contributed by atoms with E-state index in [2.05, 4.69) is 27.3 Å². The van der Waals surface area contributed by atoms with Crippen molar-refractivity contribution in [2.45, 2.75) is 26.5 Å². The van der Waals surface area contributed by atoms with Crippen LogP contribution in [-0.4, -0.2) is 52.2 Å². The normalized spacial score (nSPS) is 14.5. The number of carbonyl (C=O) groups is 1. The van der Waals surface area contributed by atoms with Crippen molar-refractivity contribution in [3.63, 3.8) is 0 Å². The van der Waals surface area contributed by atoms with E-state index >= 15 is 0 Å². The molecule has 156 valence electrons. The van der Waals surface area contributed by atoms with E-state index in [-0.39, 0.29) is 18.0 Å². The Labute approximate surface area is 176 Å². The van der Waals surface area contributed by atoms with Gasteiger partial charge in [0, 0.05) is 25.2 Å². The van der Waals surface area contributed by atoms with Gasteiger partial charge in [-0.3, -0.25) is 9.69 Å². The SMILES string of the molecule is COC(=O)C1CN(Cc2ccc(-n3cc(-c4ccc(OC(C)C)cc4)nn3)cc2)C1. The van der Waals surface area contributed by atoms with Crippen LogP contribution in [0.4, 0.5) is 0 Å². The number of esters is 1. The van der Waals surface area contributed by atoms with E-state index in [1.54, 1.807) is 4.68 Å². The third kappa shape index (κ3) is 4.52. The van der Waals surface area contributed by atoms with Crippen molar-refractivity contribution < 1.29 is 14.3 Å². The van der Waals surface area contributed by atoms with Crippen molar-refractivity contribution in [2.75, 3.05) is 20.2 Å². The lowest BCUT2D eigenvalue weighted by atomic mass is 9.99. The van der Waals surface area contributed by atoms with E-state index in [0.29, 0.717) is 0 Å². The van der Waals surface area contributed by atoms with Crippen molar-refractivity contribution in [3.8, 4) is 22.7 Å². The van der Waals surface area contributed by atoms with Crippen LogP contribution in [0.1, 0.15) is 19.4 Å². The molecule has 2 aromatic carbocycles. The summed E-state index contributed by atoms with van der Waals surface area (Å²) in [7, 11) is 1.44. The highest BCUT2D eigenvalue weighted by Crippen LogP contribution is 2.23. The largest absolute Gasteiger partial charge is 0.491 e. The predicted molar refractivity (Wildman–Crippen MR) is 113 cm³/mol. The molecule has 0 spiro atoms. The first-order valence-corrected chi connectivity index (χ1v) is 10.1. The summed E-state index contributed by atoms with van der Waals surface area (Å²) in [4.78, 5) is 13.7. The van der Waals surface area contributed by atoms with Gasteiger partial charge < -0.3 is 9.47 Å². The smallest absolute Gasteiger partial charge is 0.311 e. The van der Waals surface area contributed by atoms with Crippen LogP contribution in [0, 0.1) is 5.92 Å². The molecule has 7 heteroatoms. The van der Waals surface area contributed by atoms with E-state index in [1.165, 1.54) is 12.7 Å². The average molecular weight is 406 g/mol. The standard InChI is InChI=1S/C23H26N4O3/c1-16(2)30-21-10-6-18(7-11-21)22-15-27(25-24-22)20-8-4-17(5-9-20)12-26-13-19(14-26)23(28)29-3/h4-11,15-16,19H,12-14H2,1-3H3. The summed E-state index contributed by atoms with van der Waals surface area (Å²) < 4.78 is 12.2. The summed E-state index contributed by atoms with van der Waals surface area (Å²) in [6.45, 7) is 6.34. The van der Waals surface area contributed by atoms with Crippen LogP contribution < -0.4 is 4.74 Å². The molecule has 0 unspecified atom stereocenters. The van der Waals surface area contributed by atoms with Gasteiger partial charge in [-0.05, 0) is 55.8 Å². The summed E-state index contributed by atoms with van der Waals surface area (Å²) in [6.07, 6.45) is 2.07. The number of rotatable bonds is 7. The second kappa shape index (κ2) is 8.67. The maximum atomic E-state index is 11.5. The number of benzene rings is 2. The molecule has 0 saturated carbocycles. The molecule has 1 aromatic heterocycles. The van der Waals surface area contributed by atoms with Crippen molar-refractivity contribution in [3.05, 3.63) is 60.3 Å². The van der Waals surface area contributed by atoms with E-state index < -0.39 is 0 Å². The number of methoxy groups -OCH3 is 1. The Morgan fingerprint density at radius 3 is 2.43 bits per heavy atom. The Kier molecular flexibility index (Phi) is 5.81. The molecule has 0 radical (unpaired) electrons. The average Bonchev–Trinajstić information content (AvgIpc) is 3.20. The highest BCUT2D eigenvalue weighted by atomic mass is 16.5. The van der Waals surface area contributed by atoms with Crippen molar-refractivity contribution in [1.29, 1.82) is 0 Å². The zero-order valence-electron chi connectivity index (χ0n) is 17.5. The highest BCUT2D eigenvalue weighted by molar-refractivity contribution is 5.73. The fraction of sp³-hybridized carbons (Fsp3) is 0.348. The molecule has 0 aliphatic carbocycles. The molecule has 0 N–H and O–H groups in total. The number of carbonyl (C=O) groups excluding carboxylic acids is 1. The Balaban J connectivity index is 1.37. The maximum Gasteiger partial charge on any atom is 0.311 e. The lowest BCUT2D eigenvalue weighted by Crippen LogP contribution is -2.49. The van der Waals surface area contributed by atoms with Crippen molar-refractivity contribution >= 4 is 5.97 Å². The van der Waals surface area contributed by atoms with Gasteiger partial charge in [0.15, 0.2) is 0 Å². The Bertz CT molecular complexity index is 990. The maximum absolute atomic E-state index is 11.5.